The van der Waals surface area contributed by atoms with Gasteiger partial charge in [-0.05, 0) is 49.4 Å². The lowest BCUT2D eigenvalue weighted by atomic mass is 10.1. The predicted octanol–water partition coefficient (Wildman–Crippen LogP) is 5.49. The van der Waals surface area contributed by atoms with Gasteiger partial charge in [0, 0.05) is 31.5 Å². The first-order valence-electron chi connectivity index (χ1n) is 12.3. The van der Waals surface area contributed by atoms with Crippen LogP contribution in [-0.4, -0.2) is 39.6 Å². The van der Waals surface area contributed by atoms with Crippen molar-refractivity contribution in [2.75, 3.05) is 13.2 Å². The van der Waals surface area contributed by atoms with E-state index in [9.17, 15) is 4.79 Å². The van der Waals surface area contributed by atoms with Gasteiger partial charge in [-0.2, -0.15) is 0 Å². The lowest BCUT2D eigenvalue weighted by Crippen LogP contribution is -2.34. The molecule has 5 nitrogen and oxygen atoms in total. The van der Waals surface area contributed by atoms with Gasteiger partial charge in [-0.15, -0.1) is 6.58 Å². The molecule has 1 saturated heterocycles. The van der Waals surface area contributed by atoms with Crippen molar-refractivity contribution in [1.82, 2.24) is 14.5 Å². The van der Waals surface area contributed by atoms with Crippen molar-refractivity contribution in [3.8, 4) is 5.75 Å². The van der Waals surface area contributed by atoms with Crippen molar-refractivity contribution in [3.05, 3.63) is 72.6 Å². The third-order valence-corrected chi connectivity index (χ3v) is 7.09. The SMILES string of the molecule is C=CCc1ccccc1OCCCn1c(C2CC(=O)N(C3CCCC3)C2)nc2ccccc21. The molecule has 5 rings (SSSR count). The number of allylic oxidation sites excluding steroid dienone is 1. The number of amides is 1. The van der Waals surface area contributed by atoms with E-state index in [1.54, 1.807) is 0 Å². The Morgan fingerprint density at radius 1 is 1.09 bits per heavy atom. The number of aromatic nitrogens is 2. The van der Waals surface area contributed by atoms with Crippen LogP contribution in [0.1, 0.15) is 55.8 Å². The largest absolute Gasteiger partial charge is 0.493 e. The summed E-state index contributed by atoms with van der Waals surface area (Å²) in [6.45, 7) is 6.11. The quantitative estimate of drug-likeness (QED) is 0.324. The number of hydrogen-bond donors (Lipinski definition) is 0. The molecule has 3 aromatic rings. The molecular formula is C28H33N3O2. The molecule has 2 aromatic carbocycles. The molecule has 1 aliphatic carbocycles. The number of rotatable bonds is 9. The second-order valence-corrected chi connectivity index (χ2v) is 9.30. The summed E-state index contributed by atoms with van der Waals surface area (Å²) in [6, 6.07) is 16.9. The third kappa shape index (κ3) is 4.54. The molecule has 1 amide bonds. The van der Waals surface area contributed by atoms with Crippen LogP contribution in [0, 0.1) is 0 Å². The average Bonchev–Trinajstić information content (AvgIpc) is 3.56. The van der Waals surface area contributed by atoms with Crippen LogP contribution in [0.3, 0.4) is 0 Å². The topological polar surface area (TPSA) is 47.4 Å². The fourth-order valence-electron chi connectivity index (χ4n) is 5.49. The van der Waals surface area contributed by atoms with Crippen molar-refractivity contribution in [3.63, 3.8) is 0 Å². The first-order chi connectivity index (χ1) is 16.2. The van der Waals surface area contributed by atoms with Gasteiger partial charge in [0.1, 0.15) is 11.6 Å². The molecular weight excluding hydrogens is 410 g/mol. The van der Waals surface area contributed by atoms with E-state index >= 15 is 0 Å². The number of ether oxygens (including phenoxy) is 1. The normalized spacial score (nSPS) is 19.0. The number of likely N-dealkylation sites (tertiary alicyclic amines) is 1. The fourth-order valence-corrected chi connectivity index (χ4v) is 5.49. The number of nitrogens with zero attached hydrogens (tertiary/aromatic N) is 3. The van der Waals surface area contributed by atoms with Crippen molar-refractivity contribution >= 4 is 16.9 Å². The summed E-state index contributed by atoms with van der Waals surface area (Å²) in [7, 11) is 0. The smallest absolute Gasteiger partial charge is 0.223 e. The van der Waals surface area contributed by atoms with E-state index in [-0.39, 0.29) is 5.92 Å². The molecule has 0 spiro atoms. The highest BCUT2D eigenvalue weighted by Crippen LogP contribution is 2.35. The fraction of sp³-hybridized carbons (Fsp3) is 0.429. The second-order valence-electron chi connectivity index (χ2n) is 9.30. The molecule has 2 heterocycles. The Morgan fingerprint density at radius 2 is 1.88 bits per heavy atom. The average molecular weight is 444 g/mol. The molecule has 0 radical (unpaired) electrons. The Labute approximate surface area is 196 Å². The molecule has 1 aliphatic heterocycles. The minimum atomic E-state index is 0.166. The highest BCUT2D eigenvalue weighted by Gasteiger charge is 2.38. The molecule has 1 saturated carbocycles. The monoisotopic (exact) mass is 443 g/mol. The van der Waals surface area contributed by atoms with Crippen LogP contribution in [0.4, 0.5) is 0 Å². The predicted molar refractivity (Wildman–Crippen MR) is 132 cm³/mol. The Kier molecular flexibility index (Phi) is 6.47. The summed E-state index contributed by atoms with van der Waals surface area (Å²) in [5, 5.41) is 0. The van der Waals surface area contributed by atoms with Crippen LogP contribution < -0.4 is 4.74 Å². The van der Waals surface area contributed by atoms with Crippen LogP contribution in [0.5, 0.6) is 5.75 Å². The lowest BCUT2D eigenvalue weighted by molar-refractivity contribution is -0.129. The van der Waals surface area contributed by atoms with Gasteiger partial charge in [0.2, 0.25) is 5.91 Å². The van der Waals surface area contributed by atoms with Gasteiger partial charge in [-0.1, -0.05) is 49.2 Å². The molecule has 1 unspecified atom stereocenters. The number of carbonyl (C=O) groups is 1. The van der Waals surface area contributed by atoms with Crippen LogP contribution in [-0.2, 0) is 17.8 Å². The molecule has 5 heteroatoms. The minimum Gasteiger partial charge on any atom is -0.493 e. The zero-order valence-electron chi connectivity index (χ0n) is 19.3. The summed E-state index contributed by atoms with van der Waals surface area (Å²) < 4.78 is 8.45. The number of carbonyl (C=O) groups excluding carboxylic acids is 1. The highest BCUT2D eigenvalue weighted by atomic mass is 16.5. The number of benzene rings is 2. The maximum absolute atomic E-state index is 12.8. The Hall–Kier alpha value is -3.08. The first kappa shape index (κ1) is 21.7. The van der Waals surface area contributed by atoms with Gasteiger partial charge in [-0.25, -0.2) is 4.98 Å². The molecule has 0 bridgehead atoms. The minimum absolute atomic E-state index is 0.166. The standard InChI is InChI=1S/C28H33N3O2/c1-2-10-21-11-3-8-16-26(21)33-18-9-17-30-25-15-7-6-14-24(25)29-28(30)22-19-27(32)31(20-22)23-12-4-5-13-23/h2-3,6-8,11,14-16,22-23H,1,4-5,9-10,12-13,17-20H2. The number of imidazole rings is 1. The third-order valence-electron chi connectivity index (χ3n) is 7.09. The summed E-state index contributed by atoms with van der Waals surface area (Å²) in [5.41, 5.74) is 3.32. The molecule has 1 aromatic heterocycles. The van der Waals surface area contributed by atoms with Gasteiger partial charge < -0.3 is 14.2 Å². The van der Waals surface area contributed by atoms with E-state index in [1.165, 1.54) is 12.8 Å². The van der Waals surface area contributed by atoms with E-state index in [0.717, 1.165) is 66.9 Å². The Balaban J connectivity index is 1.30. The summed E-state index contributed by atoms with van der Waals surface area (Å²) in [5.74, 6) is 2.45. The summed E-state index contributed by atoms with van der Waals surface area (Å²) in [6.07, 6.45) is 8.96. The van der Waals surface area contributed by atoms with Crippen molar-refractivity contribution in [1.29, 1.82) is 0 Å². The zero-order chi connectivity index (χ0) is 22.6. The van der Waals surface area contributed by atoms with E-state index in [0.29, 0.717) is 25.0 Å². The molecule has 33 heavy (non-hydrogen) atoms. The van der Waals surface area contributed by atoms with Gasteiger partial charge >= 0.3 is 0 Å². The van der Waals surface area contributed by atoms with Gasteiger partial charge in [0.05, 0.1) is 17.6 Å². The van der Waals surface area contributed by atoms with Crippen molar-refractivity contribution in [2.24, 2.45) is 0 Å². The maximum atomic E-state index is 12.8. The summed E-state index contributed by atoms with van der Waals surface area (Å²) in [4.78, 5) is 20.0. The van der Waals surface area contributed by atoms with Crippen LogP contribution in [0.2, 0.25) is 0 Å². The number of hydrogen-bond acceptors (Lipinski definition) is 3. The van der Waals surface area contributed by atoms with Crippen LogP contribution in [0.15, 0.2) is 61.2 Å². The Morgan fingerprint density at radius 3 is 2.73 bits per heavy atom. The molecule has 2 aliphatic rings. The zero-order valence-corrected chi connectivity index (χ0v) is 19.3. The number of fused-ring (bicyclic) bond motifs is 1. The lowest BCUT2D eigenvalue weighted by Gasteiger charge is -2.24. The van der Waals surface area contributed by atoms with Crippen molar-refractivity contribution in [2.45, 2.75) is 63.5 Å². The summed E-state index contributed by atoms with van der Waals surface area (Å²) >= 11 is 0. The second kappa shape index (κ2) is 9.82. The van der Waals surface area contributed by atoms with Crippen LogP contribution in [0.25, 0.3) is 11.0 Å². The number of para-hydroxylation sites is 3. The maximum Gasteiger partial charge on any atom is 0.223 e. The first-order valence-corrected chi connectivity index (χ1v) is 12.3. The molecule has 1 atom stereocenters. The van der Waals surface area contributed by atoms with Gasteiger partial charge in [-0.3, -0.25) is 4.79 Å². The highest BCUT2D eigenvalue weighted by molar-refractivity contribution is 5.81. The molecule has 172 valence electrons. The molecule has 2 fully saturated rings. The Bertz CT molecular complexity index is 1130. The van der Waals surface area contributed by atoms with E-state index < -0.39 is 0 Å². The van der Waals surface area contributed by atoms with E-state index in [2.05, 4.69) is 40.3 Å². The van der Waals surface area contributed by atoms with Crippen molar-refractivity contribution < 1.29 is 9.53 Å². The van der Waals surface area contributed by atoms with Gasteiger partial charge in [0.25, 0.3) is 0 Å². The number of aryl methyl sites for hydroxylation is 1. The van der Waals surface area contributed by atoms with Gasteiger partial charge in [0.15, 0.2) is 0 Å². The van der Waals surface area contributed by atoms with E-state index in [4.69, 9.17) is 9.72 Å². The molecule has 0 N–H and O–H groups in total. The van der Waals surface area contributed by atoms with Crippen LogP contribution >= 0.6 is 0 Å². The van der Waals surface area contributed by atoms with E-state index in [1.807, 2.05) is 30.3 Å².